The van der Waals surface area contributed by atoms with Gasteiger partial charge in [0.25, 0.3) is 5.56 Å². The van der Waals surface area contributed by atoms with Crippen LogP contribution >= 0.6 is 0 Å². The second kappa shape index (κ2) is 14.1. The Hall–Kier alpha value is -4.06. The molecule has 44 heavy (non-hydrogen) atoms. The van der Waals surface area contributed by atoms with Gasteiger partial charge in [0.2, 0.25) is 5.95 Å². The standard InChI is InChI=1S/C33H45N9O2/c1-5-18-41-31(43)27-24-35-32(38-30(27)42(41)29-12-10-11-28(37-29)33(2,3)44)36-25-13-15-26(16-14-25)40-22-20-39(21-23-40)19-9-7-6-8-17-34-4/h5,10-16,24,34,44H,1,6-9,17-23H2,2-4H3,(H,35,36,38). The Morgan fingerprint density at radius 3 is 2.45 bits per heavy atom. The topological polar surface area (TPSA) is 116 Å². The molecular formula is C33H45N9O2. The highest BCUT2D eigenvalue weighted by atomic mass is 16.3. The van der Waals surface area contributed by atoms with E-state index in [4.69, 9.17) is 4.98 Å². The number of pyridine rings is 1. The van der Waals surface area contributed by atoms with Gasteiger partial charge >= 0.3 is 0 Å². The van der Waals surface area contributed by atoms with E-state index in [1.54, 1.807) is 49.0 Å². The minimum Gasteiger partial charge on any atom is -0.384 e. The minimum absolute atomic E-state index is 0.240. The van der Waals surface area contributed by atoms with Gasteiger partial charge in [0.05, 0.1) is 12.2 Å². The lowest BCUT2D eigenvalue weighted by Gasteiger charge is -2.36. The van der Waals surface area contributed by atoms with Crippen molar-refractivity contribution in [3.8, 4) is 5.82 Å². The zero-order valence-corrected chi connectivity index (χ0v) is 26.2. The van der Waals surface area contributed by atoms with E-state index >= 15 is 0 Å². The van der Waals surface area contributed by atoms with E-state index in [1.807, 2.05) is 19.2 Å². The van der Waals surface area contributed by atoms with Crippen LogP contribution in [0.4, 0.5) is 17.3 Å². The van der Waals surface area contributed by atoms with Gasteiger partial charge in [0, 0.05) is 43.8 Å². The fourth-order valence-electron chi connectivity index (χ4n) is 5.60. The molecule has 234 valence electrons. The summed E-state index contributed by atoms with van der Waals surface area (Å²) in [5.41, 5.74) is 1.58. The van der Waals surface area contributed by atoms with Crippen LogP contribution in [0, 0.1) is 0 Å². The van der Waals surface area contributed by atoms with E-state index in [0.717, 1.165) is 38.4 Å². The van der Waals surface area contributed by atoms with Gasteiger partial charge in [-0.2, -0.15) is 4.98 Å². The summed E-state index contributed by atoms with van der Waals surface area (Å²) >= 11 is 0. The lowest BCUT2D eigenvalue weighted by atomic mass is 10.1. The molecule has 1 aliphatic heterocycles. The van der Waals surface area contributed by atoms with Crippen molar-refractivity contribution >= 4 is 28.4 Å². The first kappa shape index (κ1) is 31.4. The van der Waals surface area contributed by atoms with Crippen molar-refractivity contribution in [1.82, 2.24) is 34.5 Å². The van der Waals surface area contributed by atoms with Crippen LogP contribution in [0.2, 0.25) is 0 Å². The molecule has 4 aromatic rings. The Balaban J connectivity index is 1.28. The Kier molecular flexibility index (Phi) is 10.1. The average Bonchev–Trinajstić information content (AvgIpc) is 3.29. The van der Waals surface area contributed by atoms with Gasteiger partial charge in [-0.25, -0.2) is 19.3 Å². The van der Waals surface area contributed by atoms with Crippen molar-refractivity contribution in [2.24, 2.45) is 0 Å². The van der Waals surface area contributed by atoms with Crippen LogP contribution in [0.1, 0.15) is 45.2 Å². The predicted molar refractivity (Wildman–Crippen MR) is 177 cm³/mol. The van der Waals surface area contributed by atoms with Crippen molar-refractivity contribution in [1.29, 1.82) is 0 Å². The molecule has 3 N–H and O–H groups in total. The molecule has 1 fully saturated rings. The summed E-state index contributed by atoms with van der Waals surface area (Å²) in [6.45, 7) is 13.9. The number of fused-ring (bicyclic) bond motifs is 1. The van der Waals surface area contributed by atoms with Crippen molar-refractivity contribution in [3.05, 3.63) is 77.4 Å². The zero-order valence-electron chi connectivity index (χ0n) is 26.2. The van der Waals surface area contributed by atoms with Crippen LogP contribution in [0.25, 0.3) is 16.9 Å². The summed E-state index contributed by atoms with van der Waals surface area (Å²) in [6, 6.07) is 13.7. The molecule has 0 spiro atoms. The van der Waals surface area contributed by atoms with E-state index in [1.165, 1.54) is 42.6 Å². The third-order valence-electron chi connectivity index (χ3n) is 8.07. The van der Waals surface area contributed by atoms with Gasteiger partial charge in [-0.15, -0.1) is 6.58 Å². The lowest BCUT2D eigenvalue weighted by Crippen LogP contribution is -2.46. The smallest absolute Gasteiger partial charge is 0.278 e. The summed E-state index contributed by atoms with van der Waals surface area (Å²) in [5, 5.41) is 17.4. The number of aromatic nitrogens is 5. The molecule has 11 heteroatoms. The van der Waals surface area contributed by atoms with E-state index in [2.05, 4.69) is 49.1 Å². The molecule has 1 saturated heterocycles. The number of piperazine rings is 1. The maximum Gasteiger partial charge on any atom is 0.278 e. The van der Waals surface area contributed by atoms with Gasteiger partial charge in [0.15, 0.2) is 11.5 Å². The highest BCUT2D eigenvalue weighted by Crippen LogP contribution is 2.24. The average molecular weight is 600 g/mol. The number of hydrogen-bond donors (Lipinski definition) is 3. The van der Waals surface area contributed by atoms with E-state index in [9.17, 15) is 9.90 Å². The Labute approximate surface area is 259 Å². The van der Waals surface area contributed by atoms with Crippen LogP contribution in [0.3, 0.4) is 0 Å². The summed E-state index contributed by atoms with van der Waals surface area (Å²) in [7, 11) is 2.02. The molecule has 0 bridgehead atoms. The fourth-order valence-corrected chi connectivity index (χ4v) is 5.60. The summed E-state index contributed by atoms with van der Waals surface area (Å²) in [6.07, 6.45) is 8.33. The predicted octanol–water partition coefficient (Wildman–Crippen LogP) is 4.04. The Bertz CT molecular complexity index is 1600. The zero-order chi connectivity index (χ0) is 31.1. The molecule has 5 rings (SSSR count). The minimum atomic E-state index is -1.14. The van der Waals surface area contributed by atoms with Crippen LogP contribution in [0.15, 0.2) is 66.1 Å². The maximum absolute atomic E-state index is 13.3. The van der Waals surface area contributed by atoms with Crippen molar-refractivity contribution in [3.63, 3.8) is 0 Å². The number of nitrogens with one attached hydrogen (secondary N) is 2. The SMILES string of the molecule is C=CCn1c(=O)c2cnc(Nc3ccc(N4CCN(CCCCCCNC)CC4)cc3)nc2n1-c1cccc(C(C)(C)O)n1. The van der Waals surface area contributed by atoms with Crippen LogP contribution in [-0.2, 0) is 12.1 Å². The number of anilines is 3. The third kappa shape index (κ3) is 7.35. The van der Waals surface area contributed by atoms with Gasteiger partial charge in [-0.1, -0.05) is 25.0 Å². The number of aliphatic hydroxyl groups is 1. The van der Waals surface area contributed by atoms with E-state index < -0.39 is 5.60 Å². The summed E-state index contributed by atoms with van der Waals surface area (Å²) in [4.78, 5) is 32.1. The van der Waals surface area contributed by atoms with Gasteiger partial charge < -0.3 is 20.6 Å². The molecule has 0 unspecified atom stereocenters. The molecular weight excluding hydrogens is 554 g/mol. The van der Waals surface area contributed by atoms with Gasteiger partial charge in [-0.3, -0.25) is 9.69 Å². The largest absolute Gasteiger partial charge is 0.384 e. The lowest BCUT2D eigenvalue weighted by molar-refractivity contribution is 0.0738. The van der Waals surface area contributed by atoms with E-state index in [0.29, 0.717) is 28.5 Å². The molecule has 0 amide bonds. The first-order valence-corrected chi connectivity index (χ1v) is 15.6. The molecule has 0 atom stereocenters. The van der Waals surface area contributed by atoms with Gasteiger partial charge in [0.1, 0.15) is 11.0 Å². The number of unbranched alkanes of at least 4 members (excludes halogenated alkanes) is 3. The Morgan fingerprint density at radius 1 is 1.00 bits per heavy atom. The molecule has 0 radical (unpaired) electrons. The molecule has 1 aliphatic rings. The van der Waals surface area contributed by atoms with Crippen LogP contribution < -0.4 is 21.1 Å². The van der Waals surface area contributed by atoms with Crippen molar-refractivity contribution in [2.45, 2.75) is 51.7 Å². The highest BCUT2D eigenvalue weighted by molar-refractivity contribution is 5.77. The number of allylic oxidation sites excluding steroid dienone is 1. The molecule has 1 aromatic carbocycles. The summed E-state index contributed by atoms with van der Waals surface area (Å²) < 4.78 is 3.18. The number of nitrogens with zero attached hydrogens (tertiary/aromatic N) is 7. The fraction of sp³-hybridized carbons (Fsp3) is 0.455. The molecule has 4 heterocycles. The van der Waals surface area contributed by atoms with Crippen molar-refractivity contribution < 1.29 is 5.11 Å². The maximum atomic E-state index is 13.3. The molecule has 0 aliphatic carbocycles. The van der Waals surface area contributed by atoms with Crippen LogP contribution in [-0.4, -0.2) is 80.6 Å². The number of hydrogen-bond acceptors (Lipinski definition) is 9. The Morgan fingerprint density at radius 2 is 1.75 bits per heavy atom. The third-order valence-corrected chi connectivity index (χ3v) is 8.07. The quantitative estimate of drug-likeness (QED) is 0.146. The second-order valence-electron chi connectivity index (χ2n) is 11.9. The molecule has 0 saturated carbocycles. The molecule has 11 nitrogen and oxygen atoms in total. The molecule has 3 aromatic heterocycles. The van der Waals surface area contributed by atoms with Crippen LogP contribution in [0.5, 0.6) is 0 Å². The van der Waals surface area contributed by atoms with Gasteiger partial charge in [-0.05, 0) is 83.2 Å². The first-order valence-electron chi connectivity index (χ1n) is 15.6. The number of rotatable bonds is 14. The monoisotopic (exact) mass is 599 g/mol. The van der Waals surface area contributed by atoms with Crippen molar-refractivity contribution in [2.75, 3.05) is 56.5 Å². The highest BCUT2D eigenvalue weighted by Gasteiger charge is 2.22. The second-order valence-corrected chi connectivity index (χ2v) is 11.9. The van der Waals surface area contributed by atoms with E-state index in [-0.39, 0.29) is 12.1 Å². The number of benzene rings is 1. The first-order chi connectivity index (χ1) is 21.3. The summed E-state index contributed by atoms with van der Waals surface area (Å²) in [5.74, 6) is 0.838. The normalized spacial score (nSPS) is 14.3.